The number of carbonyl (C=O) groups excluding carboxylic acids is 3. The van der Waals surface area contributed by atoms with Crippen molar-refractivity contribution < 1.29 is 14.4 Å². The summed E-state index contributed by atoms with van der Waals surface area (Å²) in [5.41, 5.74) is 3.74. The Morgan fingerprint density at radius 3 is 2.29 bits per heavy atom. The Balaban J connectivity index is 1.69. The molecule has 2 atom stereocenters. The summed E-state index contributed by atoms with van der Waals surface area (Å²) in [7, 11) is 0. The number of hydrogen-bond acceptors (Lipinski definition) is 3. The molecule has 7 nitrogen and oxygen atoms in total. The van der Waals surface area contributed by atoms with Crippen molar-refractivity contribution in [3.05, 3.63) is 94.5 Å². The van der Waals surface area contributed by atoms with Crippen molar-refractivity contribution in [3.8, 4) is 0 Å². The molecule has 1 heterocycles. The summed E-state index contributed by atoms with van der Waals surface area (Å²) in [6.45, 7) is 7.46. The van der Waals surface area contributed by atoms with Gasteiger partial charge in [0.15, 0.2) is 0 Å². The van der Waals surface area contributed by atoms with E-state index in [-0.39, 0.29) is 24.3 Å². The molecule has 38 heavy (non-hydrogen) atoms. The van der Waals surface area contributed by atoms with E-state index in [9.17, 15) is 14.4 Å². The Kier molecular flexibility index (Phi) is 8.07. The number of fused-ring (bicyclic) bond motifs is 1. The first kappa shape index (κ1) is 27.2. The fourth-order valence-electron chi connectivity index (χ4n) is 4.66. The van der Waals surface area contributed by atoms with Crippen LogP contribution < -0.4 is 20.9 Å². The van der Waals surface area contributed by atoms with Crippen molar-refractivity contribution in [3.63, 3.8) is 0 Å². The van der Waals surface area contributed by atoms with Crippen LogP contribution >= 0.6 is 11.6 Å². The second-order valence-electron chi connectivity index (χ2n) is 10.6. The average molecular weight is 533 g/mol. The van der Waals surface area contributed by atoms with Crippen LogP contribution in [0.3, 0.4) is 0 Å². The number of hydrogen-bond donors (Lipinski definition) is 3. The lowest BCUT2D eigenvalue weighted by Crippen LogP contribution is -2.53. The molecule has 1 aliphatic heterocycles. The standard InChI is InChI=1S/C30H33ClN4O3/c1-19-9-15-22(16-10-19)32-29(38)33-25-17-24(20-11-13-21(31)14-12-20)23-7-5-6-8-26(23)35(28(25)37)18-27(36)34-30(2,3)4/h5-16,24-25H,17-18H2,1-4H3,(H,34,36)(H2,32,33,38). The molecule has 2 unspecified atom stereocenters. The lowest BCUT2D eigenvalue weighted by molar-refractivity contribution is -0.125. The molecule has 3 aromatic carbocycles. The second-order valence-corrected chi connectivity index (χ2v) is 11.1. The number of anilines is 2. The van der Waals surface area contributed by atoms with Crippen LogP contribution in [0.2, 0.25) is 5.02 Å². The summed E-state index contributed by atoms with van der Waals surface area (Å²) in [5, 5.41) is 9.22. The molecule has 8 heteroatoms. The van der Waals surface area contributed by atoms with Gasteiger partial charge in [0.1, 0.15) is 12.6 Å². The number of rotatable bonds is 5. The van der Waals surface area contributed by atoms with Gasteiger partial charge in [0, 0.05) is 27.9 Å². The molecular weight excluding hydrogens is 500 g/mol. The maximum Gasteiger partial charge on any atom is 0.319 e. The van der Waals surface area contributed by atoms with Crippen molar-refractivity contribution in [1.82, 2.24) is 10.6 Å². The van der Waals surface area contributed by atoms with Gasteiger partial charge < -0.3 is 20.9 Å². The molecule has 0 aliphatic carbocycles. The Hall–Kier alpha value is -3.84. The van der Waals surface area contributed by atoms with E-state index in [1.54, 1.807) is 12.1 Å². The van der Waals surface area contributed by atoms with E-state index in [1.165, 1.54) is 4.90 Å². The Morgan fingerprint density at radius 2 is 1.63 bits per heavy atom. The third-order valence-electron chi connectivity index (χ3n) is 6.34. The number of carbonyl (C=O) groups is 3. The summed E-state index contributed by atoms with van der Waals surface area (Å²) in [6.07, 6.45) is 0.316. The second kappa shape index (κ2) is 11.3. The maximum absolute atomic E-state index is 14.0. The zero-order valence-corrected chi connectivity index (χ0v) is 22.8. The van der Waals surface area contributed by atoms with Gasteiger partial charge in [-0.3, -0.25) is 9.59 Å². The van der Waals surface area contributed by atoms with E-state index in [0.29, 0.717) is 22.8 Å². The Bertz CT molecular complexity index is 1320. The minimum absolute atomic E-state index is 0.168. The van der Waals surface area contributed by atoms with E-state index in [0.717, 1.165) is 16.7 Å². The lowest BCUT2D eigenvalue weighted by Gasteiger charge is -2.28. The highest BCUT2D eigenvalue weighted by Gasteiger charge is 2.37. The van der Waals surface area contributed by atoms with Crippen LogP contribution in [0.1, 0.15) is 49.8 Å². The van der Waals surface area contributed by atoms with Crippen LogP contribution in [0.5, 0.6) is 0 Å². The van der Waals surface area contributed by atoms with Crippen LogP contribution in [-0.4, -0.2) is 36.0 Å². The quantitative estimate of drug-likeness (QED) is 0.398. The SMILES string of the molecule is Cc1ccc(NC(=O)NC2CC(c3ccc(Cl)cc3)c3ccccc3N(CC(=O)NC(C)(C)C)C2=O)cc1. The van der Waals surface area contributed by atoms with Crippen molar-refractivity contribution in [2.24, 2.45) is 0 Å². The first-order chi connectivity index (χ1) is 18.0. The molecule has 0 radical (unpaired) electrons. The topological polar surface area (TPSA) is 90.5 Å². The molecule has 0 spiro atoms. The average Bonchev–Trinajstić information content (AvgIpc) is 2.96. The Labute approximate surface area is 228 Å². The van der Waals surface area contributed by atoms with Gasteiger partial charge in [0.25, 0.3) is 0 Å². The molecule has 0 fully saturated rings. The summed E-state index contributed by atoms with van der Waals surface area (Å²) < 4.78 is 0. The molecule has 1 aliphatic rings. The third-order valence-corrected chi connectivity index (χ3v) is 6.59. The molecule has 3 N–H and O–H groups in total. The van der Waals surface area contributed by atoms with Crippen molar-refractivity contribution in [1.29, 1.82) is 0 Å². The highest BCUT2D eigenvalue weighted by atomic mass is 35.5. The largest absolute Gasteiger partial charge is 0.350 e. The first-order valence-corrected chi connectivity index (χ1v) is 13.0. The third kappa shape index (κ3) is 6.72. The first-order valence-electron chi connectivity index (χ1n) is 12.6. The summed E-state index contributed by atoms with van der Waals surface area (Å²) >= 11 is 6.15. The van der Waals surface area contributed by atoms with Crippen LogP contribution in [-0.2, 0) is 9.59 Å². The van der Waals surface area contributed by atoms with Crippen molar-refractivity contribution >= 4 is 40.8 Å². The van der Waals surface area contributed by atoms with Gasteiger partial charge in [0.05, 0.1) is 0 Å². The number of para-hydroxylation sites is 1. The van der Waals surface area contributed by atoms with E-state index >= 15 is 0 Å². The monoisotopic (exact) mass is 532 g/mol. The van der Waals surface area contributed by atoms with Crippen molar-refractivity contribution in [2.75, 3.05) is 16.8 Å². The number of amides is 4. The molecule has 198 valence electrons. The zero-order chi connectivity index (χ0) is 27.4. The van der Waals surface area contributed by atoms with Crippen LogP contribution in [0, 0.1) is 6.92 Å². The number of nitrogens with zero attached hydrogens (tertiary/aromatic N) is 1. The predicted octanol–water partition coefficient (Wildman–Crippen LogP) is 5.62. The molecule has 0 bridgehead atoms. The van der Waals surface area contributed by atoms with Gasteiger partial charge in [-0.05, 0) is 75.6 Å². The number of aryl methyl sites for hydroxylation is 1. The zero-order valence-electron chi connectivity index (χ0n) is 22.0. The van der Waals surface area contributed by atoms with Crippen LogP contribution in [0.4, 0.5) is 16.2 Å². The molecular formula is C30H33ClN4O3. The van der Waals surface area contributed by atoms with Gasteiger partial charge in [-0.25, -0.2) is 4.79 Å². The molecule has 3 aromatic rings. The number of urea groups is 1. The summed E-state index contributed by atoms with van der Waals surface area (Å²) in [4.78, 5) is 41.4. The molecule has 0 aromatic heterocycles. The lowest BCUT2D eigenvalue weighted by atomic mass is 9.86. The van der Waals surface area contributed by atoms with Crippen molar-refractivity contribution in [2.45, 2.75) is 51.6 Å². The van der Waals surface area contributed by atoms with E-state index in [1.807, 2.05) is 88.4 Å². The van der Waals surface area contributed by atoms with E-state index in [4.69, 9.17) is 11.6 Å². The number of benzene rings is 3. The summed E-state index contributed by atoms with van der Waals surface area (Å²) in [6, 6.07) is 21.1. The predicted molar refractivity (Wildman–Crippen MR) is 152 cm³/mol. The maximum atomic E-state index is 14.0. The highest BCUT2D eigenvalue weighted by Crippen LogP contribution is 2.39. The molecule has 4 amide bonds. The molecule has 0 saturated carbocycles. The normalized spacial score (nSPS) is 17.3. The fourth-order valence-corrected chi connectivity index (χ4v) is 4.78. The molecule has 4 rings (SSSR count). The minimum atomic E-state index is -0.879. The summed E-state index contributed by atoms with van der Waals surface area (Å²) in [5.74, 6) is -0.849. The highest BCUT2D eigenvalue weighted by molar-refractivity contribution is 6.30. The Morgan fingerprint density at radius 1 is 0.974 bits per heavy atom. The number of nitrogens with one attached hydrogen (secondary N) is 3. The van der Waals surface area contributed by atoms with Gasteiger partial charge in [-0.2, -0.15) is 0 Å². The van der Waals surface area contributed by atoms with Crippen LogP contribution in [0.15, 0.2) is 72.8 Å². The van der Waals surface area contributed by atoms with Gasteiger partial charge in [-0.1, -0.05) is 59.6 Å². The minimum Gasteiger partial charge on any atom is -0.350 e. The van der Waals surface area contributed by atoms with E-state index < -0.39 is 17.6 Å². The fraction of sp³-hybridized carbons (Fsp3) is 0.300. The van der Waals surface area contributed by atoms with Gasteiger partial charge >= 0.3 is 6.03 Å². The molecule has 0 saturated heterocycles. The number of halogens is 1. The van der Waals surface area contributed by atoms with Crippen LogP contribution in [0.25, 0.3) is 0 Å². The van der Waals surface area contributed by atoms with E-state index in [2.05, 4.69) is 16.0 Å². The smallest absolute Gasteiger partial charge is 0.319 e. The van der Waals surface area contributed by atoms with Gasteiger partial charge in [0.2, 0.25) is 11.8 Å². The van der Waals surface area contributed by atoms with Gasteiger partial charge in [-0.15, -0.1) is 0 Å².